The van der Waals surface area contributed by atoms with E-state index >= 15 is 0 Å². The van der Waals surface area contributed by atoms with E-state index < -0.39 is 0 Å². The standard InChI is InChI=1S/C9H6BrN3O/c1-6-12-9(10)8-3-2-7(11-5-14)4-13(6)8/h2-4H,1H3. The van der Waals surface area contributed by atoms with Gasteiger partial charge in [-0.2, -0.15) is 4.99 Å². The van der Waals surface area contributed by atoms with Crippen molar-refractivity contribution >= 4 is 33.2 Å². The van der Waals surface area contributed by atoms with Gasteiger partial charge in [0, 0.05) is 6.20 Å². The molecule has 0 saturated heterocycles. The van der Waals surface area contributed by atoms with Crippen molar-refractivity contribution in [2.45, 2.75) is 6.92 Å². The van der Waals surface area contributed by atoms with Gasteiger partial charge in [0.2, 0.25) is 6.08 Å². The fourth-order valence-corrected chi connectivity index (χ4v) is 1.88. The lowest BCUT2D eigenvalue weighted by molar-refractivity contribution is 0.565. The molecule has 0 radical (unpaired) electrons. The zero-order chi connectivity index (χ0) is 10.1. The van der Waals surface area contributed by atoms with Gasteiger partial charge >= 0.3 is 0 Å². The summed E-state index contributed by atoms with van der Waals surface area (Å²) >= 11 is 3.34. The Balaban J connectivity index is 2.76. The zero-order valence-corrected chi connectivity index (χ0v) is 8.95. The second-order valence-electron chi connectivity index (χ2n) is 2.80. The van der Waals surface area contributed by atoms with Crippen LogP contribution < -0.4 is 0 Å². The summed E-state index contributed by atoms with van der Waals surface area (Å²) < 4.78 is 2.65. The molecule has 2 rings (SSSR count). The van der Waals surface area contributed by atoms with E-state index in [0.717, 1.165) is 15.9 Å². The summed E-state index contributed by atoms with van der Waals surface area (Å²) in [5.41, 5.74) is 1.52. The lowest BCUT2D eigenvalue weighted by atomic mass is 10.4. The Hall–Kier alpha value is -1.45. The number of aromatic nitrogens is 2. The molecule has 0 bridgehead atoms. The number of isocyanates is 1. The van der Waals surface area contributed by atoms with Crippen LogP contribution in [0.2, 0.25) is 0 Å². The smallest absolute Gasteiger partial charge is 0.240 e. The monoisotopic (exact) mass is 251 g/mol. The lowest BCUT2D eigenvalue weighted by Gasteiger charge is -1.96. The molecule has 5 heteroatoms. The first-order chi connectivity index (χ1) is 6.72. The number of pyridine rings is 1. The third-order valence-corrected chi connectivity index (χ3v) is 2.51. The van der Waals surface area contributed by atoms with Gasteiger partial charge in [0.1, 0.15) is 10.4 Å². The first-order valence-electron chi connectivity index (χ1n) is 3.94. The molecule has 14 heavy (non-hydrogen) atoms. The quantitative estimate of drug-likeness (QED) is 0.577. The van der Waals surface area contributed by atoms with Gasteiger partial charge in [-0.1, -0.05) is 0 Å². The number of nitrogens with zero attached hydrogens (tertiary/aromatic N) is 3. The van der Waals surface area contributed by atoms with Crippen molar-refractivity contribution in [2.75, 3.05) is 0 Å². The van der Waals surface area contributed by atoms with Crippen LogP contribution >= 0.6 is 15.9 Å². The van der Waals surface area contributed by atoms with Crippen molar-refractivity contribution in [3.05, 3.63) is 28.8 Å². The first kappa shape index (κ1) is 9.12. The third-order valence-electron chi connectivity index (χ3n) is 1.93. The Morgan fingerprint density at radius 1 is 1.57 bits per heavy atom. The molecular weight excluding hydrogens is 246 g/mol. The summed E-state index contributed by atoms with van der Waals surface area (Å²) in [4.78, 5) is 17.8. The highest BCUT2D eigenvalue weighted by atomic mass is 79.9. The van der Waals surface area contributed by atoms with Crippen molar-refractivity contribution in [1.29, 1.82) is 0 Å². The topological polar surface area (TPSA) is 46.7 Å². The second kappa shape index (κ2) is 3.36. The van der Waals surface area contributed by atoms with Gasteiger partial charge in [-0.05, 0) is 35.0 Å². The van der Waals surface area contributed by atoms with Gasteiger partial charge in [0.15, 0.2) is 0 Å². The maximum absolute atomic E-state index is 10.1. The maximum Gasteiger partial charge on any atom is 0.240 e. The number of fused-ring (bicyclic) bond motifs is 1. The van der Waals surface area contributed by atoms with Crippen molar-refractivity contribution in [3.63, 3.8) is 0 Å². The average Bonchev–Trinajstić information content (AvgIpc) is 2.43. The van der Waals surface area contributed by atoms with E-state index in [9.17, 15) is 4.79 Å². The molecule has 2 aromatic heterocycles. The van der Waals surface area contributed by atoms with Crippen LogP contribution in [0.4, 0.5) is 5.69 Å². The van der Waals surface area contributed by atoms with Crippen molar-refractivity contribution < 1.29 is 4.79 Å². The van der Waals surface area contributed by atoms with Gasteiger partial charge in [-0.15, -0.1) is 0 Å². The minimum atomic E-state index is 0.570. The minimum absolute atomic E-state index is 0.570. The molecule has 0 amide bonds. The third kappa shape index (κ3) is 1.36. The SMILES string of the molecule is Cc1nc(Br)c2ccc(N=C=O)cn12. The van der Waals surface area contributed by atoms with Crippen LogP contribution in [0.15, 0.2) is 27.9 Å². The number of halogens is 1. The summed E-state index contributed by atoms with van der Waals surface area (Å²) in [5.74, 6) is 0.842. The number of aliphatic imine (C=N–C) groups is 1. The Morgan fingerprint density at radius 2 is 2.36 bits per heavy atom. The predicted octanol–water partition coefficient (Wildman–Crippen LogP) is 2.37. The molecule has 0 fully saturated rings. The number of hydrogen-bond donors (Lipinski definition) is 0. The van der Waals surface area contributed by atoms with Crippen LogP contribution in [0.3, 0.4) is 0 Å². The Kier molecular flexibility index (Phi) is 2.19. The second-order valence-corrected chi connectivity index (χ2v) is 3.55. The Bertz CT molecular complexity index is 540. The molecular formula is C9H6BrN3O. The van der Waals surface area contributed by atoms with Gasteiger partial charge in [0.25, 0.3) is 0 Å². The van der Waals surface area contributed by atoms with Crippen molar-refractivity contribution in [2.24, 2.45) is 4.99 Å². The van der Waals surface area contributed by atoms with Crippen LogP contribution in [-0.2, 0) is 4.79 Å². The highest BCUT2D eigenvalue weighted by Gasteiger charge is 2.04. The van der Waals surface area contributed by atoms with Gasteiger partial charge < -0.3 is 4.40 Å². The van der Waals surface area contributed by atoms with Crippen molar-refractivity contribution in [3.8, 4) is 0 Å². The van der Waals surface area contributed by atoms with Crippen LogP contribution in [0, 0.1) is 6.92 Å². The Labute approximate surface area is 88.4 Å². The minimum Gasteiger partial charge on any atom is -0.301 e. The van der Waals surface area contributed by atoms with Crippen LogP contribution in [-0.4, -0.2) is 15.5 Å². The summed E-state index contributed by atoms with van der Waals surface area (Å²) in [5, 5.41) is 0. The molecule has 0 unspecified atom stereocenters. The lowest BCUT2D eigenvalue weighted by Crippen LogP contribution is -1.85. The Morgan fingerprint density at radius 3 is 3.07 bits per heavy atom. The fourth-order valence-electron chi connectivity index (χ4n) is 1.30. The fraction of sp³-hybridized carbons (Fsp3) is 0.111. The normalized spacial score (nSPS) is 10.1. The maximum atomic E-state index is 10.1. The molecule has 0 aromatic carbocycles. The molecule has 0 spiro atoms. The van der Waals surface area contributed by atoms with Crippen LogP contribution in [0.25, 0.3) is 5.52 Å². The van der Waals surface area contributed by atoms with Crippen LogP contribution in [0.1, 0.15) is 5.82 Å². The summed E-state index contributed by atoms with van der Waals surface area (Å²) in [6, 6.07) is 3.59. The molecule has 2 heterocycles. The summed E-state index contributed by atoms with van der Waals surface area (Å²) in [6.45, 7) is 1.88. The van der Waals surface area contributed by atoms with E-state index in [0.29, 0.717) is 5.69 Å². The number of imidazole rings is 1. The average molecular weight is 252 g/mol. The number of carbonyl (C=O) groups excluding carboxylic acids is 1. The molecule has 0 aliphatic rings. The highest BCUT2D eigenvalue weighted by molar-refractivity contribution is 9.10. The highest BCUT2D eigenvalue weighted by Crippen LogP contribution is 2.21. The molecule has 0 atom stereocenters. The largest absolute Gasteiger partial charge is 0.301 e. The molecule has 0 N–H and O–H groups in total. The van der Waals surface area contributed by atoms with E-state index in [1.54, 1.807) is 12.3 Å². The number of hydrogen-bond acceptors (Lipinski definition) is 3. The van der Waals surface area contributed by atoms with E-state index in [2.05, 4.69) is 25.9 Å². The molecule has 0 aliphatic heterocycles. The molecule has 0 aliphatic carbocycles. The number of rotatable bonds is 1. The van der Waals surface area contributed by atoms with E-state index in [1.807, 2.05) is 17.4 Å². The van der Waals surface area contributed by atoms with E-state index in [1.165, 1.54) is 6.08 Å². The van der Waals surface area contributed by atoms with Gasteiger partial charge in [-0.25, -0.2) is 9.78 Å². The molecule has 0 saturated carbocycles. The summed E-state index contributed by atoms with van der Waals surface area (Å²) in [7, 11) is 0. The van der Waals surface area contributed by atoms with E-state index in [-0.39, 0.29) is 0 Å². The van der Waals surface area contributed by atoms with Crippen LogP contribution in [0.5, 0.6) is 0 Å². The van der Waals surface area contributed by atoms with Gasteiger partial charge in [0.05, 0.1) is 11.2 Å². The molecule has 70 valence electrons. The zero-order valence-electron chi connectivity index (χ0n) is 7.36. The molecule has 4 nitrogen and oxygen atoms in total. The first-order valence-corrected chi connectivity index (χ1v) is 4.74. The summed E-state index contributed by atoms with van der Waals surface area (Å²) in [6.07, 6.45) is 3.25. The van der Waals surface area contributed by atoms with Crippen molar-refractivity contribution in [1.82, 2.24) is 9.38 Å². The van der Waals surface area contributed by atoms with E-state index in [4.69, 9.17) is 0 Å². The van der Waals surface area contributed by atoms with Gasteiger partial charge in [-0.3, -0.25) is 0 Å². The number of aryl methyl sites for hydroxylation is 1. The predicted molar refractivity (Wildman–Crippen MR) is 55.4 cm³/mol. The molecule has 2 aromatic rings.